The number of amidine groups is 1. The van der Waals surface area contributed by atoms with Gasteiger partial charge in [0.15, 0.2) is 0 Å². The third-order valence-electron chi connectivity index (χ3n) is 7.10. The molecule has 1 amide bonds. The Morgan fingerprint density at radius 1 is 1.03 bits per heavy atom. The van der Waals surface area contributed by atoms with Crippen LogP contribution in [-0.2, 0) is 5.41 Å². The number of carbonyl (C=O) groups is 1. The first-order valence-corrected chi connectivity index (χ1v) is 11.8. The van der Waals surface area contributed by atoms with Crippen molar-refractivity contribution in [1.29, 1.82) is 0 Å². The topological polar surface area (TPSA) is 156 Å². The number of hydrogen-bond donors (Lipinski definition) is 3. The molecule has 1 unspecified atom stereocenters. The summed E-state index contributed by atoms with van der Waals surface area (Å²) < 4.78 is 0. The fourth-order valence-corrected chi connectivity index (χ4v) is 4.87. The zero-order valence-corrected chi connectivity index (χ0v) is 19.3. The number of aromatic nitrogens is 4. The fraction of sp³-hybridized carbons (Fsp3) is 0.360. The number of aliphatic hydroxyl groups is 1. The highest BCUT2D eigenvalue weighted by atomic mass is 16.3. The summed E-state index contributed by atoms with van der Waals surface area (Å²) in [7, 11) is 0. The Labute approximate surface area is 203 Å². The number of nitrogens with zero attached hydrogens (tertiary/aromatic N) is 6. The molecule has 0 radical (unpaired) electrons. The standard InChI is InChI=1S/C25H28N8O2/c26-23(32-22(35)20-13-29-21(14-28-20)33-10-1-3-19(33)15-34)25(8-2-9-25)18-6-4-16(5-7-18)17-11-30-24(27)31-12-17/h4-7,11-14,19,34H,1-3,8-10,15H2,(H2,26,32,35)(H2,27,30,31). The number of aliphatic hydroxyl groups excluding tert-OH is 1. The van der Waals surface area contributed by atoms with Crippen LogP contribution in [0.15, 0.2) is 54.0 Å². The lowest BCUT2D eigenvalue weighted by atomic mass is 9.63. The van der Waals surface area contributed by atoms with Gasteiger partial charge in [-0.15, -0.1) is 0 Å². The first-order chi connectivity index (χ1) is 17.0. The lowest BCUT2D eigenvalue weighted by Crippen LogP contribution is -2.47. The van der Waals surface area contributed by atoms with Gasteiger partial charge in [0.1, 0.15) is 17.3 Å². The number of anilines is 2. The van der Waals surface area contributed by atoms with E-state index in [1.165, 1.54) is 6.20 Å². The Morgan fingerprint density at radius 2 is 1.77 bits per heavy atom. The van der Waals surface area contributed by atoms with Gasteiger partial charge in [-0.1, -0.05) is 30.7 Å². The Bertz CT molecular complexity index is 1220. The second kappa shape index (κ2) is 9.38. The maximum atomic E-state index is 12.8. The molecule has 5 N–H and O–H groups in total. The Kier molecular flexibility index (Phi) is 6.12. The molecule has 1 aliphatic carbocycles. The second-order valence-corrected chi connectivity index (χ2v) is 9.08. The Morgan fingerprint density at radius 3 is 2.37 bits per heavy atom. The Hall–Kier alpha value is -3.92. The number of carbonyl (C=O) groups excluding carboxylic acids is 1. The van der Waals surface area contributed by atoms with Crippen molar-refractivity contribution in [2.24, 2.45) is 10.7 Å². The zero-order valence-electron chi connectivity index (χ0n) is 19.3. The van der Waals surface area contributed by atoms with Crippen LogP contribution in [0.3, 0.4) is 0 Å². The smallest absolute Gasteiger partial charge is 0.298 e. The molecule has 2 aliphatic rings. The lowest BCUT2D eigenvalue weighted by Gasteiger charge is -2.41. The van der Waals surface area contributed by atoms with Crippen LogP contribution in [0.5, 0.6) is 0 Å². The molecular weight excluding hydrogens is 444 g/mol. The van der Waals surface area contributed by atoms with Crippen molar-refractivity contribution in [2.75, 3.05) is 23.8 Å². The van der Waals surface area contributed by atoms with E-state index < -0.39 is 11.3 Å². The number of amides is 1. The summed E-state index contributed by atoms with van der Waals surface area (Å²) in [6.07, 6.45) is 10.9. The van der Waals surface area contributed by atoms with Crippen LogP contribution in [-0.4, -0.2) is 56.0 Å². The van der Waals surface area contributed by atoms with E-state index in [2.05, 4.69) is 24.9 Å². The van der Waals surface area contributed by atoms with Gasteiger partial charge in [-0.3, -0.25) is 4.79 Å². The summed E-state index contributed by atoms with van der Waals surface area (Å²) in [5, 5.41) is 9.54. The summed E-state index contributed by atoms with van der Waals surface area (Å²) in [5.74, 6) is 0.668. The molecule has 10 heteroatoms. The van der Waals surface area contributed by atoms with Gasteiger partial charge in [-0.05, 0) is 36.8 Å². The van der Waals surface area contributed by atoms with Gasteiger partial charge in [-0.2, -0.15) is 4.99 Å². The summed E-state index contributed by atoms with van der Waals surface area (Å²) in [5.41, 5.74) is 14.5. The first kappa shape index (κ1) is 22.9. The van der Waals surface area contributed by atoms with E-state index in [1.807, 2.05) is 29.2 Å². The van der Waals surface area contributed by atoms with Crippen molar-refractivity contribution >= 4 is 23.5 Å². The molecule has 2 fully saturated rings. The molecule has 10 nitrogen and oxygen atoms in total. The van der Waals surface area contributed by atoms with E-state index in [9.17, 15) is 9.90 Å². The molecule has 3 heterocycles. The summed E-state index contributed by atoms with van der Waals surface area (Å²) in [4.78, 5) is 35.8. The van der Waals surface area contributed by atoms with Gasteiger partial charge in [0.25, 0.3) is 5.91 Å². The van der Waals surface area contributed by atoms with Gasteiger partial charge in [0.05, 0.1) is 30.5 Å². The van der Waals surface area contributed by atoms with Crippen molar-refractivity contribution in [3.8, 4) is 11.1 Å². The quantitative estimate of drug-likeness (QED) is 0.361. The Balaban J connectivity index is 1.34. The predicted molar refractivity (Wildman–Crippen MR) is 133 cm³/mol. The molecule has 2 aromatic heterocycles. The molecular formula is C25H28N8O2. The minimum Gasteiger partial charge on any atom is -0.394 e. The molecule has 1 aromatic carbocycles. The zero-order chi connectivity index (χ0) is 24.4. The van der Waals surface area contributed by atoms with E-state index in [0.717, 1.165) is 55.3 Å². The van der Waals surface area contributed by atoms with Crippen molar-refractivity contribution in [2.45, 2.75) is 43.6 Å². The van der Waals surface area contributed by atoms with Crippen LogP contribution in [0.1, 0.15) is 48.2 Å². The van der Waals surface area contributed by atoms with Gasteiger partial charge in [0.2, 0.25) is 5.95 Å². The highest BCUT2D eigenvalue weighted by molar-refractivity contribution is 6.05. The first-order valence-electron chi connectivity index (χ1n) is 11.8. The van der Waals surface area contributed by atoms with Gasteiger partial charge >= 0.3 is 0 Å². The second-order valence-electron chi connectivity index (χ2n) is 9.08. The highest BCUT2D eigenvalue weighted by Gasteiger charge is 2.43. The third-order valence-corrected chi connectivity index (χ3v) is 7.10. The van der Waals surface area contributed by atoms with E-state index in [4.69, 9.17) is 11.5 Å². The van der Waals surface area contributed by atoms with Crippen LogP contribution in [0, 0.1) is 0 Å². The monoisotopic (exact) mass is 472 g/mol. The molecule has 180 valence electrons. The van der Waals surface area contributed by atoms with Crippen LogP contribution in [0.2, 0.25) is 0 Å². The van der Waals surface area contributed by atoms with E-state index in [-0.39, 0.29) is 24.3 Å². The highest BCUT2D eigenvalue weighted by Crippen LogP contribution is 2.44. The molecule has 3 aromatic rings. The lowest BCUT2D eigenvalue weighted by molar-refractivity contribution is 0.0996. The average molecular weight is 473 g/mol. The number of aliphatic imine (C=N–C) groups is 1. The fourth-order valence-electron chi connectivity index (χ4n) is 4.87. The molecule has 1 aliphatic heterocycles. The van der Waals surface area contributed by atoms with Gasteiger partial charge in [-0.25, -0.2) is 19.9 Å². The van der Waals surface area contributed by atoms with Crippen molar-refractivity contribution in [3.05, 3.63) is 60.3 Å². The van der Waals surface area contributed by atoms with Crippen molar-refractivity contribution < 1.29 is 9.90 Å². The van der Waals surface area contributed by atoms with Gasteiger partial charge in [0, 0.05) is 24.5 Å². The van der Waals surface area contributed by atoms with Crippen LogP contribution in [0.4, 0.5) is 11.8 Å². The molecule has 1 saturated heterocycles. The van der Waals surface area contributed by atoms with E-state index in [0.29, 0.717) is 11.7 Å². The molecule has 0 bridgehead atoms. The third kappa shape index (κ3) is 4.32. The molecule has 1 saturated carbocycles. The maximum Gasteiger partial charge on any atom is 0.298 e. The minimum absolute atomic E-state index is 0.0388. The van der Waals surface area contributed by atoms with Crippen molar-refractivity contribution in [3.63, 3.8) is 0 Å². The minimum atomic E-state index is -0.511. The number of hydrogen-bond acceptors (Lipinski definition) is 8. The largest absolute Gasteiger partial charge is 0.394 e. The average Bonchev–Trinajstić information content (AvgIpc) is 3.33. The van der Waals surface area contributed by atoms with Crippen LogP contribution < -0.4 is 16.4 Å². The maximum absolute atomic E-state index is 12.8. The predicted octanol–water partition coefficient (Wildman–Crippen LogP) is 2.10. The number of nitrogens with two attached hydrogens (primary N) is 2. The number of nitrogen functional groups attached to an aromatic ring is 1. The van der Waals surface area contributed by atoms with Crippen molar-refractivity contribution in [1.82, 2.24) is 19.9 Å². The summed E-state index contributed by atoms with van der Waals surface area (Å²) in [6, 6.07) is 8.04. The normalized spacial score (nSPS) is 19.4. The molecule has 35 heavy (non-hydrogen) atoms. The molecule has 1 atom stereocenters. The molecule has 0 spiro atoms. The summed E-state index contributed by atoms with van der Waals surface area (Å²) >= 11 is 0. The number of rotatable bonds is 6. The SMILES string of the molecule is NC(=NC(=O)c1cnc(N2CCCC2CO)cn1)C1(c2ccc(-c3cnc(N)nc3)cc2)CCC1. The summed E-state index contributed by atoms with van der Waals surface area (Å²) in [6.45, 7) is 0.880. The van der Waals surface area contributed by atoms with E-state index >= 15 is 0 Å². The van der Waals surface area contributed by atoms with Gasteiger partial charge < -0.3 is 21.5 Å². The van der Waals surface area contributed by atoms with Crippen LogP contribution in [0.25, 0.3) is 11.1 Å². The van der Waals surface area contributed by atoms with Crippen LogP contribution >= 0.6 is 0 Å². The number of benzene rings is 1. The van der Waals surface area contributed by atoms with E-state index in [1.54, 1.807) is 18.6 Å². The molecule has 5 rings (SSSR count).